The molecule has 8 aromatic rings. The largest absolute Gasteiger partial charge is 0.313 e. The van der Waals surface area contributed by atoms with Gasteiger partial charge in [0.05, 0.1) is 5.69 Å². The fourth-order valence-corrected chi connectivity index (χ4v) is 7.82. The van der Waals surface area contributed by atoms with E-state index in [9.17, 15) is 0 Å². The minimum absolute atomic E-state index is 0.328. The summed E-state index contributed by atoms with van der Waals surface area (Å²) in [4.78, 5) is 17.7. The van der Waals surface area contributed by atoms with Gasteiger partial charge in [-0.3, -0.25) is 0 Å². The lowest BCUT2D eigenvalue weighted by atomic mass is 9.89. The first-order valence-electron chi connectivity index (χ1n) is 18.1. The van der Waals surface area contributed by atoms with E-state index in [1.54, 1.807) is 0 Å². The Morgan fingerprint density at radius 1 is 0.453 bits per heavy atom. The van der Waals surface area contributed by atoms with Crippen molar-refractivity contribution in [2.75, 3.05) is 4.90 Å². The van der Waals surface area contributed by atoms with Crippen LogP contribution < -0.4 is 4.90 Å². The van der Waals surface area contributed by atoms with Crippen molar-refractivity contribution in [2.45, 2.75) is 12.3 Å². The van der Waals surface area contributed by atoms with Crippen molar-refractivity contribution >= 4 is 22.1 Å². The van der Waals surface area contributed by atoms with Crippen LogP contribution in [0.25, 0.3) is 67.2 Å². The predicted octanol–water partition coefficient (Wildman–Crippen LogP) is 12.4. The SMILES string of the molecule is C1=CCC2C(=C1)N(c1ccc(-c3nc(-c4ccc(-c5ccccc5)cc4)nc(-c4cccc(-c5ccccc5)c4)n3)cc1)c1ccc3ccccc3c12. The minimum atomic E-state index is 0.328. The Hall–Kier alpha value is -6.91. The molecule has 53 heavy (non-hydrogen) atoms. The van der Waals surface area contributed by atoms with Crippen LogP contribution in [0.4, 0.5) is 11.4 Å². The third kappa shape index (κ3) is 5.62. The zero-order chi connectivity index (χ0) is 35.1. The Balaban J connectivity index is 1.06. The van der Waals surface area contributed by atoms with Gasteiger partial charge in [0, 0.05) is 34.0 Å². The van der Waals surface area contributed by atoms with Crippen molar-refractivity contribution in [3.05, 3.63) is 199 Å². The Kier molecular flexibility index (Phi) is 7.58. The van der Waals surface area contributed by atoms with Gasteiger partial charge in [0.1, 0.15) is 0 Å². The number of hydrogen-bond acceptors (Lipinski definition) is 4. The van der Waals surface area contributed by atoms with Gasteiger partial charge < -0.3 is 4.90 Å². The Morgan fingerprint density at radius 3 is 1.72 bits per heavy atom. The third-order valence-corrected chi connectivity index (χ3v) is 10.4. The van der Waals surface area contributed by atoms with Crippen LogP contribution in [0.2, 0.25) is 0 Å². The molecule has 0 spiro atoms. The predicted molar refractivity (Wildman–Crippen MR) is 218 cm³/mol. The van der Waals surface area contributed by atoms with Crippen LogP contribution in [0.5, 0.6) is 0 Å². The highest BCUT2D eigenvalue weighted by atomic mass is 15.2. The molecular formula is C49H34N4. The summed E-state index contributed by atoms with van der Waals surface area (Å²) in [5.74, 6) is 2.25. The second-order valence-corrected chi connectivity index (χ2v) is 13.6. The fourth-order valence-electron chi connectivity index (χ4n) is 7.82. The number of rotatable bonds is 6. The van der Waals surface area contributed by atoms with Crippen LogP contribution in [0, 0.1) is 0 Å². The molecule has 7 aromatic carbocycles. The van der Waals surface area contributed by atoms with E-state index < -0.39 is 0 Å². The topological polar surface area (TPSA) is 41.9 Å². The molecule has 250 valence electrons. The molecule has 4 nitrogen and oxygen atoms in total. The standard InChI is InChI=1S/C49H34N4/c1-3-12-33(13-4-1)35-22-24-37(25-23-35)47-50-48(52-49(51-47)40-18-11-17-39(32-40)34-14-5-2-6-15-34)38-26-29-41(30-27-38)53-44-21-10-9-20-43(44)46-42-19-8-7-16-36(42)28-31-45(46)53/h1-19,21-32,43H,20H2. The smallest absolute Gasteiger partial charge is 0.164 e. The van der Waals surface area contributed by atoms with E-state index in [4.69, 9.17) is 15.0 Å². The lowest BCUT2D eigenvalue weighted by Crippen LogP contribution is -2.14. The van der Waals surface area contributed by atoms with Crippen molar-refractivity contribution in [1.29, 1.82) is 0 Å². The molecule has 10 rings (SSSR count). The highest BCUT2D eigenvalue weighted by molar-refractivity contribution is 5.96. The monoisotopic (exact) mass is 678 g/mol. The Labute approximate surface area is 309 Å². The zero-order valence-corrected chi connectivity index (χ0v) is 29.0. The number of benzene rings is 7. The van der Waals surface area contributed by atoms with E-state index in [2.05, 4.69) is 181 Å². The molecule has 0 saturated carbocycles. The van der Waals surface area contributed by atoms with Gasteiger partial charge in [0.2, 0.25) is 0 Å². The molecule has 0 amide bonds. The summed E-state index contributed by atoms with van der Waals surface area (Å²) in [6.45, 7) is 0. The van der Waals surface area contributed by atoms with Crippen LogP contribution in [0.3, 0.4) is 0 Å². The van der Waals surface area contributed by atoms with Crippen molar-refractivity contribution < 1.29 is 0 Å². The molecule has 0 bridgehead atoms. The molecule has 0 radical (unpaired) electrons. The Bertz CT molecular complexity index is 2680. The van der Waals surface area contributed by atoms with E-state index >= 15 is 0 Å². The molecule has 1 aliphatic carbocycles. The highest BCUT2D eigenvalue weighted by Crippen LogP contribution is 2.53. The lowest BCUT2D eigenvalue weighted by molar-refractivity contribution is 0.825. The van der Waals surface area contributed by atoms with Gasteiger partial charge in [-0.15, -0.1) is 0 Å². The van der Waals surface area contributed by atoms with Crippen LogP contribution >= 0.6 is 0 Å². The normalized spacial score (nSPS) is 14.5. The van der Waals surface area contributed by atoms with Crippen LogP contribution in [-0.2, 0) is 0 Å². The molecule has 1 aromatic heterocycles. The first-order chi connectivity index (χ1) is 26.3. The number of fused-ring (bicyclic) bond motifs is 5. The third-order valence-electron chi connectivity index (χ3n) is 10.4. The van der Waals surface area contributed by atoms with Crippen LogP contribution in [-0.4, -0.2) is 15.0 Å². The van der Waals surface area contributed by atoms with Crippen LogP contribution in [0.1, 0.15) is 17.9 Å². The van der Waals surface area contributed by atoms with Gasteiger partial charge in [-0.1, -0.05) is 146 Å². The van der Waals surface area contributed by atoms with Gasteiger partial charge in [-0.2, -0.15) is 0 Å². The summed E-state index contributed by atoms with van der Waals surface area (Å²) in [6, 6.07) is 59.7. The zero-order valence-electron chi connectivity index (χ0n) is 29.0. The second-order valence-electron chi connectivity index (χ2n) is 13.6. The van der Waals surface area contributed by atoms with Crippen molar-refractivity contribution in [1.82, 2.24) is 15.0 Å². The van der Waals surface area contributed by atoms with Gasteiger partial charge in [-0.25, -0.2) is 15.0 Å². The van der Waals surface area contributed by atoms with Crippen molar-refractivity contribution in [2.24, 2.45) is 0 Å². The van der Waals surface area contributed by atoms with Gasteiger partial charge >= 0.3 is 0 Å². The minimum Gasteiger partial charge on any atom is -0.313 e. The summed E-state index contributed by atoms with van der Waals surface area (Å²) < 4.78 is 0. The molecule has 2 aliphatic rings. The quantitative estimate of drug-likeness (QED) is 0.176. The molecule has 0 saturated heterocycles. The number of aromatic nitrogens is 3. The first kappa shape index (κ1) is 30.9. The summed E-state index contributed by atoms with van der Waals surface area (Å²) >= 11 is 0. The molecule has 2 heterocycles. The summed E-state index contributed by atoms with van der Waals surface area (Å²) in [7, 11) is 0. The van der Waals surface area contributed by atoms with Crippen molar-refractivity contribution in [3.63, 3.8) is 0 Å². The number of allylic oxidation sites excluding steroid dienone is 4. The summed E-state index contributed by atoms with van der Waals surface area (Å²) in [6.07, 6.45) is 7.74. The number of nitrogens with zero attached hydrogens (tertiary/aromatic N) is 4. The second kappa shape index (κ2) is 13.0. The molecule has 1 unspecified atom stereocenters. The highest BCUT2D eigenvalue weighted by Gasteiger charge is 2.36. The van der Waals surface area contributed by atoms with E-state index in [0.717, 1.165) is 45.5 Å². The van der Waals surface area contributed by atoms with E-state index in [1.165, 1.54) is 33.3 Å². The number of hydrogen-bond donors (Lipinski definition) is 0. The average molecular weight is 679 g/mol. The average Bonchev–Trinajstić information content (AvgIpc) is 3.59. The molecular weight excluding hydrogens is 645 g/mol. The van der Waals surface area contributed by atoms with E-state index in [-0.39, 0.29) is 0 Å². The van der Waals surface area contributed by atoms with Crippen molar-refractivity contribution in [3.8, 4) is 56.4 Å². The summed E-state index contributed by atoms with van der Waals surface area (Å²) in [5.41, 5.74) is 12.5. The maximum absolute atomic E-state index is 5.11. The molecule has 4 heteroatoms. The van der Waals surface area contributed by atoms with Gasteiger partial charge in [0.15, 0.2) is 17.5 Å². The first-order valence-corrected chi connectivity index (χ1v) is 18.1. The van der Waals surface area contributed by atoms with Crippen LogP contribution in [0.15, 0.2) is 194 Å². The maximum Gasteiger partial charge on any atom is 0.164 e. The van der Waals surface area contributed by atoms with E-state index in [1.807, 2.05) is 12.1 Å². The maximum atomic E-state index is 5.11. The van der Waals surface area contributed by atoms with Gasteiger partial charge in [0.25, 0.3) is 0 Å². The van der Waals surface area contributed by atoms with E-state index in [0.29, 0.717) is 23.4 Å². The number of anilines is 2. The Morgan fingerprint density at radius 2 is 1.00 bits per heavy atom. The molecule has 0 N–H and O–H groups in total. The van der Waals surface area contributed by atoms with Gasteiger partial charge in [-0.05, 0) is 87.5 Å². The fraction of sp³-hybridized carbons (Fsp3) is 0.0408. The summed E-state index contributed by atoms with van der Waals surface area (Å²) in [5, 5.41) is 2.61. The molecule has 1 atom stereocenters. The molecule has 0 fully saturated rings. The molecule has 1 aliphatic heterocycles. The lowest BCUT2D eigenvalue weighted by Gasteiger charge is -2.24.